The molecule has 2 heterocycles. The minimum absolute atomic E-state index is 0.225. The van der Waals surface area contributed by atoms with Crippen molar-refractivity contribution in [2.24, 2.45) is 5.92 Å². The molecule has 25 heavy (non-hydrogen) atoms. The molecule has 0 bridgehead atoms. The van der Waals surface area contributed by atoms with Crippen molar-refractivity contribution in [1.82, 2.24) is 9.88 Å². The van der Waals surface area contributed by atoms with Gasteiger partial charge in [0.05, 0.1) is 0 Å². The van der Waals surface area contributed by atoms with Crippen LogP contribution < -0.4 is 0 Å². The standard InChI is InChI=1S/C21H23N3O/c22-15-20-8-6-19(16-23-20)7-9-21(25)24-12-10-18(11-13-24)14-17-4-2-1-3-5-17/h1-6,8,16,18H,7,9-14H2. The van der Waals surface area contributed by atoms with Gasteiger partial charge in [0.25, 0.3) is 0 Å². The van der Waals surface area contributed by atoms with E-state index in [2.05, 4.69) is 29.2 Å². The number of pyridine rings is 1. The van der Waals surface area contributed by atoms with E-state index < -0.39 is 0 Å². The highest BCUT2D eigenvalue weighted by molar-refractivity contribution is 5.76. The molecule has 128 valence electrons. The van der Waals surface area contributed by atoms with Gasteiger partial charge in [0, 0.05) is 25.7 Å². The summed E-state index contributed by atoms with van der Waals surface area (Å²) in [5, 5.41) is 8.76. The maximum atomic E-state index is 12.4. The molecule has 1 saturated heterocycles. The number of amides is 1. The van der Waals surface area contributed by atoms with Gasteiger partial charge >= 0.3 is 0 Å². The second kappa shape index (κ2) is 8.43. The lowest BCUT2D eigenvalue weighted by Gasteiger charge is -2.32. The van der Waals surface area contributed by atoms with Gasteiger partial charge in [-0.05, 0) is 48.8 Å². The van der Waals surface area contributed by atoms with Gasteiger partial charge in [0.1, 0.15) is 11.8 Å². The first-order chi connectivity index (χ1) is 12.2. The van der Waals surface area contributed by atoms with Crippen molar-refractivity contribution in [3.63, 3.8) is 0 Å². The van der Waals surface area contributed by atoms with Crippen LogP contribution in [0.2, 0.25) is 0 Å². The maximum absolute atomic E-state index is 12.4. The summed E-state index contributed by atoms with van der Waals surface area (Å²) in [5.74, 6) is 0.900. The van der Waals surface area contributed by atoms with Crippen molar-refractivity contribution in [3.8, 4) is 6.07 Å². The van der Waals surface area contributed by atoms with Crippen molar-refractivity contribution in [1.29, 1.82) is 5.26 Å². The molecule has 1 amide bonds. The van der Waals surface area contributed by atoms with E-state index >= 15 is 0 Å². The molecule has 0 atom stereocenters. The Bertz CT molecular complexity index is 726. The fourth-order valence-corrected chi connectivity index (χ4v) is 3.38. The van der Waals surface area contributed by atoms with Crippen LogP contribution in [0.4, 0.5) is 0 Å². The molecule has 0 aliphatic carbocycles. The van der Waals surface area contributed by atoms with E-state index in [1.54, 1.807) is 12.3 Å². The predicted octanol–water partition coefficient (Wildman–Crippen LogP) is 3.37. The fourth-order valence-electron chi connectivity index (χ4n) is 3.38. The Morgan fingerprint density at radius 3 is 2.52 bits per heavy atom. The Balaban J connectivity index is 1.42. The normalized spacial score (nSPS) is 14.9. The molecule has 1 fully saturated rings. The van der Waals surface area contributed by atoms with Crippen LogP contribution in [0.25, 0.3) is 0 Å². The monoisotopic (exact) mass is 333 g/mol. The van der Waals surface area contributed by atoms with E-state index in [1.807, 2.05) is 23.1 Å². The lowest BCUT2D eigenvalue weighted by molar-refractivity contribution is -0.132. The molecule has 3 rings (SSSR count). The summed E-state index contributed by atoms with van der Waals surface area (Å²) in [6, 6.07) is 16.2. The molecule has 1 aromatic carbocycles. The van der Waals surface area contributed by atoms with E-state index in [0.717, 1.165) is 37.9 Å². The quantitative estimate of drug-likeness (QED) is 0.843. The van der Waals surface area contributed by atoms with Gasteiger partial charge in [0.15, 0.2) is 0 Å². The number of piperidine rings is 1. The van der Waals surface area contributed by atoms with Crippen molar-refractivity contribution in [2.45, 2.75) is 32.1 Å². The topological polar surface area (TPSA) is 57.0 Å². The van der Waals surface area contributed by atoms with Gasteiger partial charge in [-0.1, -0.05) is 36.4 Å². The number of nitrogens with zero attached hydrogens (tertiary/aromatic N) is 3. The molecule has 0 radical (unpaired) electrons. The predicted molar refractivity (Wildman–Crippen MR) is 96.7 cm³/mol. The number of rotatable bonds is 5. The highest BCUT2D eigenvalue weighted by Crippen LogP contribution is 2.22. The second-order valence-electron chi connectivity index (χ2n) is 6.68. The summed E-state index contributed by atoms with van der Waals surface area (Å²) in [6.07, 6.45) is 6.16. The molecular formula is C21H23N3O. The van der Waals surface area contributed by atoms with Crippen LogP contribution in [-0.2, 0) is 17.6 Å². The highest BCUT2D eigenvalue weighted by Gasteiger charge is 2.22. The number of nitriles is 1. The molecule has 0 N–H and O–H groups in total. The van der Waals surface area contributed by atoms with Crippen LogP contribution in [0.5, 0.6) is 0 Å². The van der Waals surface area contributed by atoms with E-state index in [-0.39, 0.29) is 5.91 Å². The number of hydrogen-bond donors (Lipinski definition) is 0. The number of aromatic nitrogens is 1. The first-order valence-electron chi connectivity index (χ1n) is 8.91. The zero-order chi connectivity index (χ0) is 17.5. The Morgan fingerprint density at radius 2 is 1.88 bits per heavy atom. The van der Waals surface area contributed by atoms with Crippen molar-refractivity contribution >= 4 is 5.91 Å². The first kappa shape index (κ1) is 17.2. The summed E-state index contributed by atoms with van der Waals surface area (Å²) in [5.41, 5.74) is 2.81. The Hall–Kier alpha value is -2.67. The highest BCUT2D eigenvalue weighted by atomic mass is 16.2. The van der Waals surface area contributed by atoms with E-state index in [0.29, 0.717) is 24.5 Å². The molecular weight excluding hydrogens is 310 g/mol. The van der Waals surface area contributed by atoms with E-state index in [1.165, 1.54) is 5.56 Å². The molecule has 0 unspecified atom stereocenters. The van der Waals surface area contributed by atoms with Gasteiger partial charge in [-0.15, -0.1) is 0 Å². The number of carbonyl (C=O) groups excluding carboxylic acids is 1. The average molecular weight is 333 g/mol. The summed E-state index contributed by atoms with van der Waals surface area (Å²) in [7, 11) is 0. The number of benzene rings is 1. The Labute approximate surface area is 149 Å². The van der Waals surface area contributed by atoms with Crippen LogP contribution in [0.15, 0.2) is 48.7 Å². The Kier molecular flexibility index (Phi) is 5.79. The summed E-state index contributed by atoms with van der Waals surface area (Å²) in [4.78, 5) is 18.5. The molecule has 2 aromatic rings. The molecule has 1 aromatic heterocycles. The van der Waals surface area contributed by atoms with Crippen LogP contribution in [-0.4, -0.2) is 28.9 Å². The summed E-state index contributed by atoms with van der Waals surface area (Å²) in [6.45, 7) is 1.73. The van der Waals surface area contributed by atoms with Gasteiger partial charge in [-0.2, -0.15) is 5.26 Å². The minimum Gasteiger partial charge on any atom is -0.343 e. The third-order valence-electron chi connectivity index (χ3n) is 4.90. The van der Waals surface area contributed by atoms with Crippen LogP contribution in [0.3, 0.4) is 0 Å². The molecule has 1 aliphatic heterocycles. The number of carbonyl (C=O) groups is 1. The number of aryl methyl sites for hydroxylation is 1. The lowest BCUT2D eigenvalue weighted by atomic mass is 9.90. The lowest BCUT2D eigenvalue weighted by Crippen LogP contribution is -2.39. The zero-order valence-corrected chi connectivity index (χ0v) is 14.4. The number of likely N-dealkylation sites (tertiary alicyclic amines) is 1. The molecule has 4 nitrogen and oxygen atoms in total. The smallest absolute Gasteiger partial charge is 0.222 e. The molecule has 0 spiro atoms. The molecule has 1 aliphatic rings. The van der Waals surface area contributed by atoms with Gasteiger partial charge in [-0.25, -0.2) is 4.98 Å². The second-order valence-corrected chi connectivity index (χ2v) is 6.68. The van der Waals surface area contributed by atoms with Gasteiger partial charge in [-0.3, -0.25) is 4.79 Å². The Morgan fingerprint density at radius 1 is 1.12 bits per heavy atom. The van der Waals surface area contributed by atoms with Crippen LogP contribution in [0, 0.1) is 17.2 Å². The minimum atomic E-state index is 0.225. The molecule has 4 heteroatoms. The zero-order valence-electron chi connectivity index (χ0n) is 14.4. The van der Waals surface area contributed by atoms with Crippen LogP contribution in [0.1, 0.15) is 36.1 Å². The number of hydrogen-bond acceptors (Lipinski definition) is 3. The molecule has 0 saturated carbocycles. The first-order valence-corrected chi connectivity index (χ1v) is 8.91. The van der Waals surface area contributed by atoms with Crippen molar-refractivity contribution in [3.05, 3.63) is 65.5 Å². The van der Waals surface area contributed by atoms with Crippen molar-refractivity contribution in [2.75, 3.05) is 13.1 Å². The fraction of sp³-hybridized carbons (Fsp3) is 0.381. The average Bonchev–Trinajstić information content (AvgIpc) is 2.68. The van der Waals surface area contributed by atoms with E-state index in [9.17, 15) is 4.79 Å². The summed E-state index contributed by atoms with van der Waals surface area (Å²) < 4.78 is 0. The van der Waals surface area contributed by atoms with E-state index in [4.69, 9.17) is 5.26 Å². The van der Waals surface area contributed by atoms with Crippen LogP contribution >= 0.6 is 0 Å². The van der Waals surface area contributed by atoms with Gasteiger partial charge < -0.3 is 4.90 Å². The van der Waals surface area contributed by atoms with Crippen molar-refractivity contribution < 1.29 is 4.79 Å². The summed E-state index contributed by atoms with van der Waals surface area (Å²) >= 11 is 0. The SMILES string of the molecule is N#Cc1ccc(CCC(=O)N2CCC(Cc3ccccc3)CC2)cn1. The maximum Gasteiger partial charge on any atom is 0.222 e. The third-order valence-corrected chi connectivity index (χ3v) is 4.90. The largest absolute Gasteiger partial charge is 0.343 e. The van der Waals surface area contributed by atoms with Gasteiger partial charge in [0.2, 0.25) is 5.91 Å². The third kappa shape index (κ3) is 4.90.